The maximum Gasteiger partial charge on any atom is 0.227 e. The van der Waals surface area contributed by atoms with E-state index < -0.39 is 0 Å². The van der Waals surface area contributed by atoms with Gasteiger partial charge >= 0.3 is 0 Å². The van der Waals surface area contributed by atoms with Crippen LogP contribution in [0, 0.1) is 0 Å². The van der Waals surface area contributed by atoms with Gasteiger partial charge in [-0.25, -0.2) is 4.98 Å². The van der Waals surface area contributed by atoms with Crippen LogP contribution in [0.15, 0.2) is 91.0 Å². The van der Waals surface area contributed by atoms with Crippen molar-refractivity contribution in [1.29, 1.82) is 0 Å². The molecular weight excluding hydrogens is 426 g/mol. The van der Waals surface area contributed by atoms with Crippen molar-refractivity contribution in [3.05, 3.63) is 118 Å². The van der Waals surface area contributed by atoms with E-state index in [4.69, 9.17) is 4.98 Å². The van der Waals surface area contributed by atoms with Crippen LogP contribution < -0.4 is 5.32 Å². The second-order valence-electron chi connectivity index (χ2n) is 8.46. The Hall–Kier alpha value is -3.28. The number of benzene rings is 3. The average molecular weight is 454 g/mol. The first-order valence-electron chi connectivity index (χ1n) is 11.4. The summed E-state index contributed by atoms with van der Waals surface area (Å²) in [4.78, 5) is 21.5. The lowest BCUT2D eigenvalue weighted by Gasteiger charge is -2.25. The summed E-state index contributed by atoms with van der Waals surface area (Å²) in [5.41, 5.74) is 4.75. The molecule has 2 heterocycles. The van der Waals surface area contributed by atoms with Crippen LogP contribution in [0.4, 0.5) is 5.13 Å². The van der Waals surface area contributed by atoms with Crippen molar-refractivity contribution in [1.82, 2.24) is 9.88 Å². The van der Waals surface area contributed by atoms with Crippen molar-refractivity contribution < 1.29 is 4.79 Å². The van der Waals surface area contributed by atoms with Crippen LogP contribution in [-0.4, -0.2) is 22.3 Å². The van der Waals surface area contributed by atoms with Crippen LogP contribution in [0.25, 0.3) is 0 Å². The summed E-state index contributed by atoms with van der Waals surface area (Å²) in [6.45, 7) is 2.81. The van der Waals surface area contributed by atoms with Crippen molar-refractivity contribution in [3.63, 3.8) is 0 Å². The first-order valence-corrected chi connectivity index (χ1v) is 12.2. The van der Waals surface area contributed by atoms with Gasteiger partial charge in [0.1, 0.15) is 0 Å². The Morgan fingerprint density at radius 3 is 2.15 bits per heavy atom. The predicted octanol–water partition coefficient (Wildman–Crippen LogP) is 5.86. The monoisotopic (exact) mass is 453 g/mol. The van der Waals surface area contributed by atoms with E-state index in [0.29, 0.717) is 11.6 Å². The molecule has 0 atom stereocenters. The lowest BCUT2D eigenvalue weighted by atomic mass is 9.88. The number of nitrogens with zero attached hydrogens (tertiary/aromatic N) is 2. The number of amides is 1. The van der Waals surface area contributed by atoms with Crippen molar-refractivity contribution in [2.45, 2.75) is 31.8 Å². The SMILES string of the molecule is O=C(CC(c1ccccc1)c1ccccc1)Nc1nc2c(s1)CN(Cc1ccccc1)CC2. The first-order chi connectivity index (χ1) is 16.2. The van der Waals surface area contributed by atoms with Gasteiger partial charge in [-0.05, 0) is 16.7 Å². The summed E-state index contributed by atoms with van der Waals surface area (Å²) in [5, 5.41) is 3.80. The summed E-state index contributed by atoms with van der Waals surface area (Å²) < 4.78 is 0. The van der Waals surface area contributed by atoms with E-state index in [2.05, 4.69) is 64.8 Å². The lowest BCUT2D eigenvalue weighted by Crippen LogP contribution is -2.29. The third-order valence-electron chi connectivity index (χ3n) is 6.10. The van der Waals surface area contributed by atoms with Gasteiger partial charge in [0.15, 0.2) is 5.13 Å². The zero-order valence-electron chi connectivity index (χ0n) is 18.5. The third kappa shape index (κ3) is 5.38. The van der Waals surface area contributed by atoms with E-state index in [1.54, 1.807) is 11.3 Å². The number of carbonyl (C=O) groups excluding carboxylic acids is 1. The minimum absolute atomic E-state index is 0.0000512. The molecule has 1 amide bonds. The Kier molecular flexibility index (Phi) is 6.61. The van der Waals surface area contributed by atoms with Crippen molar-refractivity contribution in [3.8, 4) is 0 Å². The maximum absolute atomic E-state index is 13.0. The fourth-order valence-corrected chi connectivity index (χ4v) is 5.50. The van der Waals surface area contributed by atoms with E-state index in [0.717, 1.165) is 42.9 Å². The molecule has 1 aromatic heterocycles. The molecule has 3 aromatic carbocycles. The van der Waals surface area contributed by atoms with Gasteiger partial charge in [-0.2, -0.15) is 0 Å². The summed E-state index contributed by atoms with van der Waals surface area (Å²) in [6, 6.07) is 31.1. The summed E-state index contributed by atoms with van der Waals surface area (Å²) in [6.07, 6.45) is 1.31. The molecule has 33 heavy (non-hydrogen) atoms. The Morgan fingerprint density at radius 1 is 0.909 bits per heavy atom. The van der Waals surface area contributed by atoms with Crippen LogP contribution in [0.1, 0.15) is 39.6 Å². The number of thiazole rings is 1. The smallest absolute Gasteiger partial charge is 0.227 e. The normalized spacial score (nSPS) is 13.6. The molecule has 0 saturated carbocycles. The number of fused-ring (bicyclic) bond motifs is 1. The molecule has 4 aromatic rings. The molecule has 0 fully saturated rings. The largest absolute Gasteiger partial charge is 0.302 e. The lowest BCUT2D eigenvalue weighted by molar-refractivity contribution is -0.116. The summed E-state index contributed by atoms with van der Waals surface area (Å²) in [5.74, 6) is 0.0169. The number of carbonyl (C=O) groups is 1. The van der Waals surface area contributed by atoms with Crippen LogP contribution >= 0.6 is 11.3 Å². The molecule has 0 spiro atoms. The standard InChI is InChI=1S/C28H27N3OS/c32-27(18-24(22-12-6-2-7-13-22)23-14-8-3-9-15-23)30-28-29-25-16-17-31(20-26(25)33-28)19-21-10-4-1-5-11-21/h1-15,24H,16-20H2,(H,29,30,32). The van der Waals surface area contributed by atoms with E-state index in [9.17, 15) is 4.79 Å². The van der Waals surface area contributed by atoms with Gasteiger partial charge in [-0.3, -0.25) is 9.69 Å². The molecular formula is C28H27N3OS. The highest BCUT2D eigenvalue weighted by atomic mass is 32.1. The third-order valence-corrected chi connectivity index (χ3v) is 7.10. The molecule has 1 aliphatic rings. The number of aromatic nitrogens is 1. The Morgan fingerprint density at radius 2 is 1.52 bits per heavy atom. The minimum Gasteiger partial charge on any atom is -0.302 e. The van der Waals surface area contributed by atoms with Crippen LogP contribution in [0.5, 0.6) is 0 Å². The van der Waals surface area contributed by atoms with E-state index in [1.165, 1.54) is 10.4 Å². The first kappa shape index (κ1) is 21.6. The molecule has 0 unspecified atom stereocenters. The highest BCUT2D eigenvalue weighted by Gasteiger charge is 2.23. The summed E-state index contributed by atoms with van der Waals surface area (Å²) >= 11 is 1.61. The predicted molar refractivity (Wildman–Crippen MR) is 134 cm³/mol. The highest BCUT2D eigenvalue weighted by Crippen LogP contribution is 2.31. The van der Waals surface area contributed by atoms with Gasteiger partial charge in [0.2, 0.25) is 5.91 Å². The van der Waals surface area contributed by atoms with Gasteiger partial charge in [0.25, 0.3) is 0 Å². The van der Waals surface area contributed by atoms with Gasteiger partial charge in [0, 0.05) is 43.3 Å². The number of anilines is 1. The Balaban J connectivity index is 1.26. The minimum atomic E-state index is -0.0000512. The highest BCUT2D eigenvalue weighted by molar-refractivity contribution is 7.15. The fraction of sp³-hybridized carbons (Fsp3) is 0.214. The van der Waals surface area contributed by atoms with Gasteiger partial charge < -0.3 is 5.32 Å². The van der Waals surface area contributed by atoms with E-state index >= 15 is 0 Å². The molecule has 5 heteroatoms. The fourth-order valence-electron chi connectivity index (χ4n) is 4.43. The van der Waals surface area contributed by atoms with E-state index in [1.807, 2.05) is 36.4 Å². The van der Waals surface area contributed by atoms with Crippen LogP contribution in [-0.2, 0) is 24.3 Å². The molecule has 5 rings (SSSR count). The number of hydrogen-bond acceptors (Lipinski definition) is 4. The molecule has 0 saturated heterocycles. The topological polar surface area (TPSA) is 45.2 Å². The van der Waals surface area contributed by atoms with Crippen molar-refractivity contribution in [2.24, 2.45) is 0 Å². The van der Waals surface area contributed by atoms with E-state index in [-0.39, 0.29) is 11.8 Å². The zero-order chi connectivity index (χ0) is 22.5. The van der Waals surface area contributed by atoms with Gasteiger partial charge in [-0.1, -0.05) is 91.0 Å². The van der Waals surface area contributed by atoms with Gasteiger partial charge in [0.05, 0.1) is 5.69 Å². The zero-order valence-corrected chi connectivity index (χ0v) is 19.3. The molecule has 166 valence electrons. The number of hydrogen-bond donors (Lipinski definition) is 1. The quantitative estimate of drug-likeness (QED) is 0.381. The average Bonchev–Trinajstić information content (AvgIpc) is 3.25. The maximum atomic E-state index is 13.0. The van der Waals surface area contributed by atoms with Crippen LogP contribution in [0.3, 0.4) is 0 Å². The molecule has 0 aliphatic carbocycles. The Bertz CT molecular complexity index is 1150. The summed E-state index contributed by atoms with van der Waals surface area (Å²) in [7, 11) is 0. The van der Waals surface area contributed by atoms with Crippen LogP contribution in [0.2, 0.25) is 0 Å². The Labute approximate surface area is 198 Å². The molecule has 0 radical (unpaired) electrons. The molecule has 1 N–H and O–H groups in total. The van der Waals surface area contributed by atoms with Crippen molar-refractivity contribution in [2.75, 3.05) is 11.9 Å². The molecule has 4 nitrogen and oxygen atoms in total. The van der Waals surface area contributed by atoms with Crippen molar-refractivity contribution >= 4 is 22.4 Å². The number of nitrogens with one attached hydrogen (secondary N) is 1. The second kappa shape index (κ2) is 10.1. The van der Waals surface area contributed by atoms with Gasteiger partial charge in [-0.15, -0.1) is 11.3 Å². The number of rotatable bonds is 7. The molecule has 1 aliphatic heterocycles. The molecule has 0 bridgehead atoms. The second-order valence-corrected chi connectivity index (χ2v) is 9.55.